The lowest BCUT2D eigenvalue weighted by Gasteiger charge is -2.15. The van der Waals surface area contributed by atoms with E-state index in [1.54, 1.807) is 18.4 Å². The summed E-state index contributed by atoms with van der Waals surface area (Å²) in [6, 6.07) is 8.49. The van der Waals surface area contributed by atoms with Gasteiger partial charge in [-0.15, -0.1) is 35.3 Å². The Morgan fingerprint density at radius 2 is 2.00 bits per heavy atom. The molecule has 0 aliphatic carbocycles. The van der Waals surface area contributed by atoms with Gasteiger partial charge in [0.2, 0.25) is 0 Å². The van der Waals surface area contributed by atoms with Crippen molar-refractivity contribution in [2.24, 2.45) is 4.99 Å². The number of guanidine groups is 1. The van der Waals surface area contributed by atoms with E-state index >= 15 is 0 Å². The first-order valence-corrected chi connectivity index (χ1v) is 8.95. The average Bonchev–Trinajstić information content (AvgIpc) is 2.89. The van der Waals surface area contributed by atoms with Crippen LogP contribution in [-0.2, 0) is 13.0 Å². The fraction of sp³-hybridized carbons (Fsp3) is 0.444. The molecule has 1 aromatic heterocycles. The Kier molecular flexibility index (Phi) is 9.20. The lowest BCUT2D eigenvalue weighted by molar-refractivity contribution is 0.790. The Labute approximate surface area is 172 Å². The van der Waals surface area contributed by atoms with Gasteiger partial charge < -0.3 is 15.5 Å². The van der Waals surface area contributed by atoms with Crippen molar-refractivity contribution in [3.8, 4) is 0 Å². The fourth-order valence-electron chi connectivity index (χ4n) is 2.28. The minimum atomic E-state index is 0. The molecule has 138 valence electrons. The van der Waals surface area contributed by atoms with E-state index in [9.17, 15) is 0 Å². The predicted octanol–water partition coefficient (Wildman–Crippen LogP) is 3.35. The molecule has 0 saturated carbocycles. The third-order valence-corrected chi connectivity index (χ3v) is 4.95. The molecule has 2 N–H and O–H groups in total. The molecular formula is C18H28IN5S. The molecule has 1 heterocycles. The van der Waals surface area contributed by atoms with Crippen molar-refractivity contribution in [3.05, 3.63) is 45.4 Å². The molecule has 5 nitrogen and oxygen atoms in total. The highest BCUT2D eigenvalue weighted by Gasteiger charge is 2.04. The number of aliphatic imine (C=N–C) groups is 1. The maximum absolute atomic E-state index is 4.57. The van der Waals surface area contributed by atoms with Gasteiger partial charge in [-0.3, -0.25) is 4.99 Å². The topological polar surface area (TPSA) is 52.6 Å². The minimum absolute atomic E-state index is 0. The summed E-state index contributed by atoms with van der Waals surface area (Å²) in [6.45, 7) is 5.75. The Morgan fingerprint density at radius 1 is 1.24 bits per heavy atom. The number of nitrogens with one attached hydrogen (secondary N) is 2. The number of aromatic nitrogens is 1. The van der Waals surface area contributed by atoms with E-state index in [-0.39, 0.29) is 24.0 Å². The molecule has 0 bridgehead atoms. The van der Waals surface area contributed by atoms with Crippen molar-refractivity contribution in [2.75, 3.05) is 32.6 Å². The second-order valence-electron chi connectivity index (χ2n) is 5.92. The summed E-state index contributed by atoms with van der Waals surface area (Å²) < 4.78 is 0. The second kappa shape index (κ2) is 10.6. The highest BCUT2D eigenvalue weighted by Crippen LogP contribution is 2.16. The molecule has 1 aromatic carbocycles. The van der Waals surface area contributed by atoms with Crippen LogP contribution >= 0.6 is 35.3 Å². The third-order valence-electron chi connectivity index (χ3n) is 3.81. The highest BCUT2D eigenvalue weighted by molar-refractivity contribution is 14.0. The monoisotopic (exact) mass is 473 g/mol. The number of hydrogen-bond donors (Lipinski definition) is 2. The van der Waals surface area contributed by atoms with Gasteiger partial charge in [-0.05, 0) is 31.5 Å². The van der Waals surface area contributed by atoms with E-state index in [4.69, 9.17) is 0 Å². The first-order chi connectivity index (χ1) is 11.5. The number of aryl methyl sites for hydroxylation is 2. The van der Waals surface area contributed by atoms with Crippen molar-refractivity contribution in [2.45, 2.75) is 26.8 Å². The number of rotatable bonds is 6. The molecule has 7 heteroatoms. The molecule has 0 radical (unpaired) electrons. The third kappa shape index (κ3) is 6.81. The van der Waals surface area contributed by atoms with E-state index < -0.39 is 0 Å². The molecule has 2 rings (SSSR count). The smallest absolute Gasteiger partial charge is 0.191 e. The number of halogens is 1. The number of thiazole rings is 1. The average molecular weight is 473 g/mol. The number of nitrogens with zero attached hydrogens (tertiary/aromatic N) is 3. The molecule has 0 atom stereocenters. The van der Waals surface area contributed by atoms with Crippen molar-refractivity contribution in [3.63, 3.8) is 0 Å². The van der Waals surface area contributed by atoms with E-state index in [0.717, 1.165) is 31.2 Å². The zero-order valence-electron chi connectivity index (χ0n) is 15.6. The van der Waals surface area contributed by atoms with Crippen LogP contribution in [0.2, 0.25) is 0 Å². The summed E-state index contributed by atoms with van der Waals surface area (Å²) in [5.41, 5.74) is 3.57. The summed E-state index contributed by atoms with van der Waals surface area (Å²) >= 11 is 1.77. The van der Waals surface area contributed by atoms with Crippen LogP contribution in [-0.4, -0.2) is 38.6 Å². The van der Waals surface area contributed by atoms with E-state index in [2.05, 4.69) is 77.7 Å². The van der Waals surface area contributed by atoms with Crippen LogP contribution in [0.5, 0.6) is 0 Å². The standard InChI is InChI=1S/C18H27N5S.HI/c1-13-14(2)24-17(22-13)9-10-20-18(19-3)21-12-15-7-6-8-16(11-15)23(4)5;/h6-8,11H,9-10,12H2,1-5H3,(H2,19,20,21);1H. The lowest BCUT2D eigenvalue weighted by Crippen LogP contribution is -2.37. The van der Waals surface area contributed by atoms with Crippen LogP contribution in [0.1, 0.15) is 21.1 Å². The Bertz CT molecular complexity index is 677. The Balaban J connectivity index is 0.00000312. The van der Waals surface area contributed by atoms with E-state index in [0.29, 0.717) is 0 Å². The molecule has 0 fully saturated rings. The van der Waals surface area contributed by atoms with Crippen LogP contribution in [0.25, 0.3) is 0 Å². The van der Waals surface area contributed by atoms with Crippen molar-refractivity contribution in [1.29, 1.82) is 0 Å². The van der Waals surface area contributed by atoms with Gasteiger partial charge in [-0.25, -0.2) is 4.98 Å². The zero-order chi connectivity index (χ0) is 17.5. The summed E-state index contributed by atoms with van der Waals surface area (Å²) in [7, 11) is 5.90. The van der Waals surface area contributed by atoms with Gasteiger partial charge in [0, 0.05) is 51.2 Å². The molecular weight excluding hydrogens is 445 g/mol. The molecule has 0 spiro atoms. The Morgan fingerprint density at radius 3 is 2.60 bits per heavy atom. The largest absolute Gasteiger partial charge is 0.378 e. The summed E-state index contributed by atoms with van der Waals surface area (Å²) in [4.78, 5) is 12.3. The lowest BCUT2D eigenvalue weighted by atomic mass is 10.2. The minimum Gasteiger partial charge on any atom is -0.378 e. The second-order valence-corrected chi connectivity index (χ2v) is 7.20. The summed E-state index contributed by atoms with van der Waals surface area (Å²) in [5, 5.41) is 7.88. The van der Waals surface area contributed by atoms with Gasteiger partial charge in [0.05, 0.1) is 10.7 Å². The molecule has 0 aliphatic rings. The number of benzene rings is 1. The van der Waals surface area contributed by atoms with Crippen LogP contribution in [0.15, 0.2) is 29.3 Å². The van der Waals surface area contributed by atoms with Gasteiger partial charge in [-0.2, -0.15) is 0 Å². The molecule has 0 saturated heterocycles. The van der Waals surface area contributed by atoms with E-state index in [1.807, 2.05) is 0 Å². The van der Waals surface area contributed by atoms with Crippen molar-refractivity contribution < 1.29 is 0 Å². The van der Waals surface area contributed by atoms with Gasteiger partial charge in [0.1, 0.15) is 0 Å². The van der Waals surface area contributed by atoms with Crippen molar-refractivity contribution >= 4 is 47.0 Å². The number of hydrogen-bond acceptors (Lipinski definition) is 4. The molecule has 0 aliphatic heterocycles. The summed E-state index contributed by atoms with van der Waals surface area (Å²) in [5.74, 6) is 0.815. The molecule has 0 amide bonds. The Hall–Kier alpha value is -1.35. The first kappa shape index (κ1) is 21.7. The van der Waals surface area contributed by atoms with Crippen LogP contribution in [0.3, 0.4) is 0 Å². The van der Waals surface area contributed by atoms with Gasteiger partial charge in [0.15, 0.2) is 5.96 Å². The molecule has 25 heavy (non-hydrogen) atoms. The maximum Gasteiger partial charge on any atom is 0.191 e. The number of anilines is 1. The SMILES string of the molecule is CN=C(NCCc1nc(C)c(C)s1)NCc1cccc(N(C)C)c1.I. The fourth-order valence-corrected chi connectivity index (χ4v) is 3.22. The normalized spacial score (nSPS) is 11.0. The zero-order valence-corrected chi connectivity index (χ0v) is 18.7. The molecule has 2 aromatic rings. The van der Waals surface area contributed by atoms with Crippen LogP contribution < -0.4 is 15.5 Å². The molecule has 0 unspecified atom stereocenters. The van der Waals surface area contributed by atoms with Gasteiger partial charge >= 0.3 is 0 Å². The van der Waals surface area contributed by atoms with Gasteiger partial charge in [-0.1, -0.05) is 12.1 Å². The predicted molar refractivity (Wildman–Crippen MR) is 120 cm³/mol. The van der Waals surface area contributed by atoms with E-state index in [1.165, 1.54) is 21.1 Å². The van der Waals surface area contributed by atoms with Crippen LogP contribution in [0, 0.1) is 13.8 Å². The van der Waals surface area contributed by atoms with Gasteiger partial charge in [0.25, 0.3) is 0 Å². The summed E-state index contributed by atoms with van der Waals surface area (Å²) in [6.07, 6.45) is 0.913. The van der Waals surface area contributed by atoms with Crippen molar-refractivity contribution in [1.82, 2.24) is 15.6 Å². The first-order valence-electron chi connectivity index (χ1n) is 8.13. The maximum atomic E-state index is 4.57. The highest BCUT2D eigenvalue weighted by atomic mass is 127. The quantitative estimate of drug-likeness (QED) is 0.384. The van der Waals surface area contributed by atoms with Crippen LogP contribution in [0.4, 0.5) is 5.69 Å².